The Morgan fingerprint density at radius 2 is 1.94 bits per heavy atom. The smallest absolute Gasteiger partial charge is 0.259 e. The summed E-state index contributed by atoms with van der Waals surface area (Å²) in [7, 11) is 0. The number of hydrogen-bond donors (Lipinski definition) is 1. The van der Waals surface area contributed by atoms with Crippen LogP contribution >= 0.6 is 23.8 Å². The number of carbonyl (C=O) groups is 2. The Balaban J connectivity index is 1.64. The molecule has 3 heterocycles. The van der Waals surface area contributed by atoms with Gasteiger partial charge in [0.1, 0.15) is 5.65 Å². The van der Waals surface area contributed by atoms with Gasteiger partial charge in [-0.2, -0.15) is 0 Å². The van der Waals surface area contributed by atoms with Crippen LogP contribution in [0.3, 0.4) is 0 Å². The summed E-state index contributed by atoms with van der Waals surface area (Å²) in [5.74, 6) is -0.773. The van der Waals surface area contributed by atoms with Crippen molar-refractivity contribution in [3.05, 3.63) is 82.6 Å². The molecule has 2 aromatic carbocycles. The van der Waals surface area contributed by atoms with Crippen LogP contribution in [0.25, 0.3) is 27.9 Å². The first-order valence-electron chi connectivity index (χ1n) is 9.70. The number of hydrogen-bond acceptors (Lipinski definition) is 4. The van der Waals surface area contributed by atoms with E-state index in [0.717, 1.165) is 27.4 Å². The highest BCUT2D eigenvalue weighted by Crippen LogP contribution is 2.28. The highest BCUT2D eigenvalue weighted by molar-refractivity contribution is 7.80. The summed E-state index contributed by atoms with van der Waals surface area (Å²) in [6, 6.07) is 16.2. The molecule has 1 fully saturated rings. The number of benzene rings is 2. The summed E-state index contributed by atoms with van der Waals surface area (Å²) in [5.41, 5.74) is 2.65. The number of nitrogens with zero attached hydrogens (tertiary/aromatic N) is 2. The lowest BCUT2D eigenvalue weighted by molar-refractivity contribution is -0.122. The highest BCUT2D eigenvalue weighted by atomic mass is 35.5. The second-order valence-electron chi connectivity index (χ2n) is 7.41. The fourth-order valence-electron chi connectivity index (χ4n) is 3.93. The number of thiocarbonyl (C=S) groups is 1. The van der Waals surface area contributed by atoms with Crippen LogP contribution in [0.4, 0.5) is 0 Å². The van der Waals surface area contributed by atoms with E-state index in [1.165, 1.54) is 0 Å². The number of piperidine rings is 1. The second-order valence-corrected chi connectivity index (χ2v) is 8.34. The van der Waals surface area contributed by atoms with E-state index in [4.69, 9.17) is 23.8 Å². The van der Waals surface area contributed by atoms with Crippen molar-refractivity contribution >= 4 is 68.4 Å². The lowest BCUT2D eigenvalue weighted by atomic mass is 10.0. The van der Waals surface area contributed by atoms with E-state index in [-0.39, 0.29) is 22.8 Å². The lowest BCUT2D eigenvalue weighted by Crippen LogP contribution is -2.39. The Labute approximate surface area is 188 Å². The predicted molar refractivity (Wildman–Crippen MR) is 126 cm³/mol. The molecule has 0 radical (unpaired) electrons. The Bertz CT molecular complexity index is 1410. The van der Waals surface area contributed by atoms with Crippen LogP contribution in [0, 0.1) is 0 Å². The van der Waals surface area contributed by atoms with Gasteiger partial charge in [-0.15, -0.1) is 0 Å². The molecule has 1 amide bonds. The normalized spacial score (nSPS) is 15.8. The Morgan fingerprint density at radius 1 is 1.13 bits per heavy atom. The van der Waals surface area contributed by atoms with Gasteiger partial charge in [0.15, 0.2) is 5.78 Å². The Hall–Kier alpha value is -3.35. The first-order valence-corrected chi connectivity index (χ1v) is 10.5. The van der Waals surface area contributed by atoms with Crippen molar-refractivity contribution in [3.63, 3.8) is 0 Å². The zero-order chi connectivity index (χ0) is 21.5. The van der Waals surface area contributed by atoms with Crippen molar-refractivity contribution < 1.29 is 9.59 Å². The highest BCUT2D eigenvalue weighted by Gasteiger charge is 2.26. The molecule has 0 aliphatic carbocycles. The fraction of sp³-hybridized carbons (Fsp3) is 0.0833. The molecule has 1 N–H and O–H groups in total. The van der Waals surface area contributed by atoms with Gasteiger partial charge in [-0.3, -0.25) is 9.59 Å². The van der Waals surface area contributed by atoms with Crippen molar-refractivity contribution in [2.75, 3.05) is 0 Å². The van der Waals surface area contributed by atoms with E-state index in [2.05, 4.69) is 34.6 Å². The molecule has 0 atom stereocenters. The van der Waals surface area contributed by atoms with Crippen molar-refractivity contribution in [1.82, 2.24) is 14.9 Å². The van der Waals surface area contributed by atoms with Crippen LogP contribution in [0.1, 0.15) is 17.5 Å². The third kappa shape index (κ3) is 3.65. The molecule has 0 bridgehead atoms. The average Bonchev–Trinajstić information content (AvgIpc) is 3.07. The van der Waals surface area contributed by atoms with Crippen LogP contribution in [0.2, 0.25) is 5.02 Å². The van der Waals surface area contributed by atoms with Crippen LogP contribution < -0.4 is 5.32 Å². The van der Waals surface area contributed by atoms with Gasteiger partial charge >= 0.3 is 0 Å². The molecule has 152 valence electrons. The predicted octanol–water partition coefficient (Wildman–Crippen LogP) is 4.69. The molecule has 31 heavy (non-hydrogen) atoms. The van der Waals surface area contributed by atoms with Crippen LogP contribution in [-0.4, -0.2) is 26.2 Å². The number of aromatic nitrogens is 2. The first kappa shape index (κ1) is 19.6. The van der Waals surface area contributed by atoms with Gasteiger partial charge in [0.05, 0.1) is 22.0 Å². The minimum atomic E-state index is -0.480. The average molecular weight is 446 g/mol. The van der Waals surface area contributed by atoms with E-state index >= 15 is 0 Å². The molecule has 1 saturated heterocycles. The zero-order valence-electron chi connectivity index (χ0n) is 16.3. The summed E-state index contributed by atoms with van der Waals surface area (Å²) >= 11 is 11.2. The molecule has 7 heteroatoms. The second kappa shape index (κ2) is 7.72. The number of pyridine rings is 1. The van der Waals surface area contributed by atoms with Gasteiger partial charge < -0.3 is 9.88 Å². The molecular weight excluding hydrogens is 430 g/mol. The van der Waals surface area contributed by atoms with Crippen molar-refractivity contribution in [2.45, 2.75) is 13.0 Å². The Kier molecular flexibility index (Phi) is 4.88. The van der Waals surface area contributed by atoms with Gasteiger partial charge in [-0.1, -0.05) is 66.3 Å². The molecule has 1 aliphatic heterocycles. The fourth-order valence-corrected chi connectivity index (χ4v) is 4.31. The number of fused-ring (bicyclic) bond motifs is 2. The van der Waals surface area contributed by atoms with Gasteiger partial charge in [-0.25, -0.2) is 4.98 Å². The number of nitrogens with one attached hydrogen (secondary N) is 1. The summed E-state index contributed by atoms with van der Waals surface area (Å²) in [6.45, 7) is 0.583. The quantitative estimate of drug-likeness (QED) is 0.282. The largest absolute Gasteiger partial charge is 0.327 e. The number of halogens is 1. The van der Waals surface area contributed by atoms with Gasteiger partial charge in [0.25, 0.3) is 5.91 Å². The minimum absolute atomic E-state index is 0.0283. The molecule has 1 aliphatic rings. The molecule has 0 spiro atoms. The zero-order valence-corrected chi connectivity index (χ0v) is 17.8. The number of rotatable bonds is 3. The number of carbonyl (C=O) groups excluding carboxylic acids is 2. The number of ketones is 1. The topological polar surface area (TPSA) is 64.0 Å². The van der Waals surface area contributed by atoms with Gasteiger partial charge in [0, 0.05) is 29.9 Å². The Morgan fingerprint density at radius 3 is 2.77 bits per heavy atom. The van der Waals surface area contributed by atoms with Crippen LogP contribution in [-0.2, 0) is 16.1 Å². The van der Waals surface area contributed by atoms with E-state index in [1.54, 1.807) is 18.3 Å². The number of amides is 1. The first-order chi connectivity index (χ1) is 15.0. The maximum absolute atomic E-state index is 12.4. The summed E-state index contributed by atoms with van der Waals surface area (Å²) < 4.78 is 2.01. The maximum Gasteiger partial charge on any atom is 0.259 e. The molecular formula is C24H16ClN3O2S. The lowest BCUT2D eigenvalue weighted by Gasteiger charge is -2.14. The summed E-state index contributed by atoms with van der Waals surface area (Å²) in [5, 5.41) is 6.14. The minimum Gasteiger partial charge on any atom is -0.327 e. The van der Waals surface area contributed by atoms with Crippen LogP contribution in [0.15, 0.2) is 66.5 Å². The third-order valence-corrected chi connectivity index (χ3v) is 5.80. The van der Waals surface area contributed by atoms with Crippen molar-refractivity contribution in [2.24, 2.45) is 0 Å². The maximum atomic E-state index is 12.4. The van der Waals surface area contributed by atoms with E-state index < -0.39 is 5.91 Å². The van der Waals surface area contributed by atoms with E-state index in [1.807, 2.05) is 29.0 Å². The molecule has 2 aromatic heterocycles. The summed E-state index contributed by atoms with van der Waals surface area (Å²) in [6.07, 6.45) is 5.12. The van der Waals surface area contributed by atoms with Gasteiger partial charge in [-0.05, 0) is 28.5 Å². The molecule has 0 unspecified atom stereocenters. The van der Waals surface area contributed by atoms with E-state index in [9.17, 15) is 9.59 Å². The monoisotopic (exact) mass is 445 g/mol. The molecule has 5 nitrogen and oxygen atoms in total. The third-order valence-electron chi connectivity index (χ3n) is 5.35. The standard InChI is InChI=1S/C24H16ClN3O2S/c25-17-9-19-16(8-20-21(29)10-22(31)27-24(20)30)13-28(23(19)26-11-17)12-15-6-3-5-14-4-1-2-7-18(14)15/h1-9,11,13H,10,12H2,(H,27,30,31)/b20-8-. The molecule has 0 saturated carbocycles. The van der Waals surface area contributed by atoms with Gasteiger partial charge in [0.2, 0.25) is 0 Å². The summed E-state index contributed by atoms with van der Waals surface area (Å²) in [4.78, 5) is 29.5. The van der Waals surface area contributed by atoms with E-state index in [0.29, 0.717) is 17.1 Å². The van der Waals surface area contributed by atoms with Crippen molar-refractivity contribution in [1.29, 1.82) is 0 Å². The van der Waals surface area contributed by atoms with Crippen molar-refractivity contribution in [3.8, 4) is 0 Å². The number of Topliss-reactive ketones (excluding diaryl/α,β-unsaturated/α-hetero) is 1. The molecule has 4 aromatic rings. The molecule has 5 rings (SSSR count). The van der Waals surface area contributed by atoms with Crippen LogP contribution in [0.5, 0.6) is 0 Å². The SMILES string of the molecule is O=C1CC(=S)NC(=O)/C1=C\c1cn(Cc2cccc3ccccc23)c2ncc(Cl)cc12.